The number of aliphatic carboxylic acids is 1. The minimum atomic E-state index is -0.868. The zero-order valence-electron chi connectivity index (χ0n) is 22.8. The zero-order chi connectivity index (χ0) is 28.2. The lowest BCUT2D eigenvalue weighted by Crippen LogP contribution is -2.60. The Kier molecular flexibility index (Phi) is 8.16. The van der Waals surface area contributed by atoms with Gasteiger partial charge in [-0.25, -0.2) is 4.79 Å². The van der Waals surface area contributed by atoms with Crippen molar-refractivity contribution in [3.05, 3.63) is 95.6 Å². The summed E-state index contributed by atoms with van der Waals surface area (Å²) in [4.78, 5) is 41.5. The van der Waals surface area contributed by atoms with Crippen molar-refractivity contribution < 1.29 is 24.2 Å². The highest BCUT2D eigenvalue weighted by molar-refractivity contribution is 5.87. The first kappa shape index (κ1) is 27.4. The number of carbonyl (C=O) groups is 3. The van der Waals surface area contributed by atoms with Crippen molar-refractivity contribution in [2.24, 2.45) is 11.8 Å². The minimum Gasteiger partial charge on any atom is -0.481 e. The van der Waals surface area contributed by atoms with E-state index in [1.165, 1.54) is 0 Å². The molecule has 2 unspecified atom stereocenters. The standard InChI is InChI=1S/C32H35N3O5/c1-21(31(37)38)23-17-35(18-23)30(36)29(19-34(2)16-22-10-4-3-5-11-22)33-32(39)40-20-28-26-14-8-6-12-24(26)25-13-7-9-15-27(25)28/h3-15,21,23,28-29H,16-20H2,1-2H3,(H,33,39)(H,37,38). The van der Waals surface area contributed by atoms with Gasteiger partial charge >= 0.3 is 12.1 Å². The van der Waals surface area contributed by atoms with Gasteiger partial charge in [-0.2, -0.15) is 0 Å². The highest BCUT2D eigenvalue weighted by Gasteiger charge is 2.40. The molecule has 1 fully saturated rings. The molecule has 2 amide bonds. The second-order valence-electron chi connectivity index (χ2n) is 10.8. The summed E-state index contributed by atoms with van der Waals surface area (Å²) in [6.45, 7) is 3.43. The monoisotopic (exact) mass is 541 g/mol. The summed E-state index contributed by atoms with van der Waals surface area (Å²) in [5, 5.41) is 12.1. The van der Waals surface area contributed by atoms with Crippen molar-refractivity contribution in [1.82, 2.24) is 15.1 Å². The van der Waals surface area contributed by atoms with Crippen molar-refractivity contribution in [2.45, 2.75) is 25.4 Å². The number of fused-ring (bicyclic) bond motifs is 3. The summed E-state index contributed by atoms with van der Waals surface area (Å²) in [6, 6.07) is 25.3. The van der Waals surface area contributed by atoms with E-state index < -0.39 is 24.0 Å². The summed E-state index contributed by atoms with van der Waals surface area (Å²) in [7, 11) is 1.90. The molecule has 1 saturated heterocycles. The summed E-state index contributed by atoms with van der Waals surface area (Å²) in [5.41, 5.74) is 5.62. The molecule has 1 heterocycles. The number of carbonyl (C=O) groups excluding carboxylic acids is 2. The van der Waals surface area contributed by atoms with Gasteiger partial charge in [-0.1, -0.05) is 85.8 Å². The summed E-state index contributed by atoms with van der Waals surface area (Å²) in [5.74, 6) is -1.81. The Bertz CT molecular complexity index is 1330. The Morgan fingerprint density at radius 2 is 1.52 bits per heavy atom. The van der Waals surface area contributed by atoms with Gasteiger partial charge in [0, 0.05) is 38.0 Å². The van der Waals surface area contributed by atoms with Gasteiger partial charge in [0.2, 0.25) is 5.91 Å². The van der Waals surface area contributed by atoms with Crippen LogP contribution in [0.3, 0.4) is 0 Å². The lowest BCUT2D eigenvalue weighted by molar-refractivity contribution is -0.151. The third-order valence-electron chi connectivity index (χ3n) is 8.04. The molecule has 2 atom stereocenters. The molecule has 5 rings (SSSR count). The molecule has 0 aromatic heterocycles. The van der Waals surface area contributed by atoms with Crippen molar-refractivity contribution >= 4 is 18.0 Å². The minimum absolute atomic E-state index is 0.0818. The van der Waals surface area contributed by atoms with Gasteiger partial charge in [0.05, 0.1) is 5.92 Å². The number of likely N-dealkylation sites (tertiary alicyclic amines) is 1. The average molecular weight is 542 g/mol. The zero-order valence-corrected chi connectivity index (χ0v) is 22.8. The largest absolute Gasteiger partial charge is 0.481 e. The van der Waals surface area contributed by atoms with E-state index >= 15 is 0 Å². The maximum absolute atomic E-state index is 13.5. The van der Waals surface area contributed by atoms with Crippen LogP contribution in [0.2, 0.25) is 0 Å². The molecule has 2 N–H and O–H groups in total. The van der Waals surface area contributed by atoms with Gasteiger partial charge in [-0.15, -0.1) is 0 Å². The number of likely N-dealkylation sites (N-methyl/N-ethyl adjacent to an activating group) is 1. The van der Waals surface area contributed by atoms with Gasteiger partial charge in [-0.05, 0) is 34.9 Å². The lowest BCUT2D eigenvalue weighted by atomic mass is 9.86. The number of hydrogen-bond acceptors (Lipinski definition) is 5. The number of carboxylic acid groups (broad SMARTS) is 1. The van der Waals surface area contributed by atoms with Crippen LogP contribution in [0.1, 0.15) is 29.5 Å². The number of alkyl carbamates (subject to hydrolysis) is 1. The van der Waals surface area contributed by atoms with Crippen molar-refractivity contribution in [1.29, 1.82) is 0 Å². The van der Waals surface area contributed by atoms with Crippen molar-refractivity contribution in [3.8, 4) is 11.1 Å². The molecule has 0 radical (unpaired) electrons. The third kappa shape index (κ3) is 5.87. The van der Waals surface area contributed by atoms with Gasteiger partial charge in [-0.3, -0.25) is 14.5 Å². The van der Waals surface area contributed by atoms with E-state index in [4.69, 9.17) is 4.74 Å². The number of rotatable bonds is 10. The number of carboxylic acids is 1. The predicted molar refractivity (Wildman–Crippen MR) is 152 cm³/mol. The second-order valence-corrected chi connectivity index (χ2v) is 10.8. The highest BCUT2D eigenvalue weighted by atomic mass is 16.5. The van der Waals surface area contributed by atoms with Gasteiger partial charge in [0.1, 0.15) is 12.6 Å². The van der Waals surface area contributed by atoms with E-state index in [0.29, 0.717) is 19.6 Å². The van der Waals surface area contributed by atoms with Crippen LogP contribution in [0.4, 0.5) is 4.79 Å². The molecule has 1 aliphatic carbocycles. The first-order chi connectivity index (χ1) is 19.3. The topological polar surface area (TPSA) is 99.2 Å². The quantitative estimate of drug-likeness (QED) is 0.399. The van der Waals surface area contributed by atoms with Crippen LogP contribution in [0.5, 0.6) is 0 Å². The molecular formula is C32H35N3O5. The Balaban J connectivity index is 1.25. The van der Waals surface area contributed by atoms with E-state index in [1.54, 1.807) is 11.8 Å². The van der Waals surface area contributed by atoms with Gasteiger partial charge in [0.25, 0.3) is 0 Å². The lowest BCUT2D eigenvalue weighted by Gasteiger charge is -2.43. The van der Waals surface area contributed by atoms with E-state index in [2.05, 4.69) is 29.6 Å². The third-order valence-corrected chi connectivity index (χ3v) is 8.04. The van der Waals surface area contributed by atoms with Crippen LogP contribution in [-0.2, 0) is 20.9 Å². The van der Waals surface area contributed by atoms with E-state index in [0.717, 1.165) is 27.8 Å². The molecule has 2 aliphatic rings. The molecule has 3 aromatic rings. The van der Waals surface area contributed by atoms with E-state index in [9.17, 15) is 19.5 Å². The first-order valence-corrected chi connectivity index (χ1v) is 13.7. The Morgan fingerprint density at radius 3 is 2.12 bits per heavy atom. The second kappa shape index (κ2) is 11.9. The fourth-order valence-corrected chi connectivity index (χ4v) is 5.67. The molecular weight excluding hydrogens is 506 g/mol. The van der Waals surface area contributed by atoms with Gasteiger partial charge < -0.3 is 20.1 Å². The molecule has 40 heavy (non-hydrogen) atoms. The SMILES string of the molecule is CC(C(=O)O)C1CN(C(=O)C(CN(C)Cc2ccccc2)NC(=O)OCC2c3ccccc3-c3ccccc32)C1. The summed E-state index contributed by atoms with van der Waals surface area (Å²) >= 11 is 0. The number of nitrogens with zero attached hydrogens (tertiary/aromatic N) is 2. The van der Waals surface area contributed by atoms with E-state index in [-0.39, 0.29) is 30.9 Å². The van der Waals surface area contributed by atoms with Crippen molar-refractivity contribution in [3.63, 3.8) is 0 Å². The van der Waals surface area contributed by atoms with Gasteiger partial charge in [0.15, 0.2) is 0 Å². The number of amides is 2. The number of hydrogen-bond donors (Lipinski definition) is 2. The Labute approximate surface area is 234 Å². The fraction of sp³-hybridized carbons (Fsp3) is 0.344. The molecule has 1 aliphatic heterocycles. The molecule has 208 valence electrons. The van der Waals surface area contributed by atoms with E-state index in [1.807, 2.05) is 66.5 Å². The first-order valence-electron chi connectivity index (χ1n) is 13.7. The average Bonchev–Trinajstić information content (AvgIpc) is 3.24. The molecule has 8 nitrogen and oxygen atoms in total. The van der Waals surface area contributed by atoms with Crippen LogP contribution < -0.4 is 5.32 Å². The summed E-state index contributed by atoms with van der Waals surface area (Å²) < 4.78 is 5.73. The van der Waals surface area contributed by atoms with Crippen LogP contribution in [0, 0.1) is 11.8 Å². The molecule has 0 spiro atoms. The Hall–Kier alpha value is -4.17. The fourth-order valence-electron chi connectivity index (χ4n) is 5.67. The molecule has 0 bridgehead atoms. The highest BCUT2D eigenvalue weighted by Crippen LogP contribution is 2.44. The van der Waals surface area contributed by atoms with Crippen LogP contribution >= 0.6 is 0 Å². The maximum Gasteiger partial charge on any atom is 0.407 e. The maximum atomic E-state index is 13.5. The van der Waals surface area contributed by atoms with Crippen LogP contribution in [0.15, 0.2) is 78.9 Å². The van der Waals surface area contributed by atoms with Crippen LogP contribution in [0.25, 0.3) is 11.1 Å². The molecule has 0 saturated carbocycles. The smallest absolute Gasteiger partial charge is 0.407 e. The van der Waals surface area contributed by atoms with Crippen LogP contribution in [-0.4, -0.2) is 72.2 Å². The van der Waals surface area contributed by atoms with Crippen molar-refractivity contribution in [2.75, 3.05) is 33.3 Å². The predicted octanol–water partition coefficient (Wildman–Crippen LogP) is 4.20. The Morgan fingerprint density at radius 1 is 0.950 bits per heavy atom. The number of benzene rings is 3. The molecule has 3 aromatic carbocycles. The summed E-state index contributed by atoms with van der Waals surface area (Å²) in [6.07, 6.45) is -0.649. The number of nitrogens with one attached hydrogen (secondary N) is 1. The normalized spacial score (nSPS) is 16.0. The number of ether oxygens (including phenoxy) is 1. The molecule has 8 heteroatoms.